The average Bonchev–Trinajstić information content (AvgIpc) is 3.08. The predicted octanol–water partition coefficient (Wildman–Crippen LogP) is 1.45. The Morgan fingerprint density at radius 1 is 1.27 bits per heavy atom. The number of nitrogens with one attached hydrogen (secondary N) is 1. The predicted molar refractivity (Wildman–Crippen MR) is 83.8 cm³/mol. The van der Waals surface area contributed by atoms with Gasteiger partial charge in [0.15, 0.2) is 5.58 Å². The van der Waals surface area contributed by atoms with Gasteiger partial charge >= 0.3 is 11.9 Å². The van der Waals surface area contributed by atoms with Crippen LogP contribution in [0.3, 0.4) is 0 Å². The molecule has 0 aliphatic rings. The molecule has 0 aliphatic carbocycles. The van der Waals surface area contributed by atoms with Crippen LogP contribution in [-0.2, 0) is 24.1 Å². The number of benzene rings is 1. The van der Waals surface area contributed by atoms with Crippen molar-refractivity contribution < 1.29 is 26.0 Å². The summed E-state index contributed by atoms with van der Waals surface area (Å²) in [5, 5.41) is 3.64. The number of rotatable bonds is 4. The number of aryl methyl sites for hydroxylation is 2. The lowest BCUT2D eigenvalue weighted by molar-refractivity contribution is -0.153. The van der Waals surface area contributed by atoms with Crippen molar-refractivity contribution in [3.05, 3.63) is 46.7 Å². The maximum atomic E-state index is 13.3. The zero-order valence-corrected chi connectivity index (χ0v) is 14.3. The van der Waals surface area contributed by atoms with Gasteiger partial charge in [0.05, 0.1) is 16.6 Å². The highest BCUT2D eigenvalue weighted by Crippen LogP contribution is 2.34. The molecule has 1 atom stereocenters. The fourth-order valence-corrected chi connectivity index (χ4v) is 3.64. The minimum absolute atomic E-state index is 0.0506. The molecule has 0 amide bonds. The standard InChI is InChI=1S/C14H13F3N4O4S/c1-20-7-8(6-18-20)12(14(15,16)17)19-26(23,24)9-3-4-10-11(5-9)25-13(22)21(10)2/h3-7,12,19H,1-2H3. The fourth-order valence-electron chi connectivity index (χ4n) is 2.42. The summed E-state index contributed by atoms with van der Waals surface area (Å²) in [5.41, 5.74) is -0.0882. The van der Waals surface area contributed by atoms with E-state index in [1.807, 2.05) is 0 Å². The van der Waals surface area contributed by atoms with E-state index in [2.05, 4.69) is 5.10 Å². The van der Waals surface area contributed by atoms with Crippen LogP contribution in [0.1, 0.15) is 11.6 Å². The molecule has 0 radical (unpaired) electrons. The van der Waals surface area contributed by atoms with Crippen LogP contribution in [0.4, 0.5) is 13.2 Å². The third-order valence-electron chi connectivity index (χ3n) is 3.73. The molecule has 3 aromatic rings. The second kappa shape index (κ2) is 5.99. The van der Waals surface area contributed by atoms with E-state index in [9.17, 15) is 26.4 Å². The van der Waals surface area contributed by atoms with Crippen molar-refractivity contribution in [1.29, 1.82) is 0 Å². The molecule has 0 bridgehead atoms. The van der Waals surface area contributed by atoms with Gasteiger partial charge in [0.25, 0.3) is 0 Å². The fraction of sp³-hybridized carbons (Fsp3) is 0.286. The van der Waals surface area contributed by atoms with Crippen LogP contribution in [0.15, 0.2) is 44.7 Å². The molecule has 1 N–H and O–H groups in total. The molecule has 0 fully saturated rings. The van der Waals surface area contributed by atoms with Crippen molar-refractivity contribution in [2.45, 2.75) is 17.1 Å². The van der Waals surface area contributed by atoms with E-state index in [0.29, 0.717) is 5.52 Å². The summed E-state index contributed by atoms with van der Waals surface area (Å²) >= 11 is 0. The van der Waals surface area contributed by atoms with Gasteiger partial charge in [-0.2, -0.15) is 23.0 Å². The first kappa shape index (κ1) is 18.2. The zero-order chi connectivity index (χ0) is 19.3. The first-order chi connectivity index (χ1) is 12.0. The Balaban J connectivity index is 2.02. The number of oxazole rings is 1. The van der Waals surface area contributed by atoms with E-state index < -0.39 is 32.9 Å². The highest BCUT2D eigenvalue weighted by atomic mass is 32.2. The number of hydrogen-bond donors (Lipinski definition) is 1. The van der Waals surface area contributed by atoms with Crippen molar-refractivity contribution >= 4 is 21.1 Å². The quantitative estimate of drug-likeness (QED) is 0.727. The van der Waals surface area contributed by atoms with E-state index >= 15 is 0 Å². The SMILES string of the molecule is Cn1cc(C(NS(=O)(=O)c2ccc3c(c2)oc(=O)n3C)C(F)(F)F)cn1. The molecule has 0 saturated carbocycles. The molecule has 8 nitrogen and oxygen atoms in total. The van der Waals surface area contributed by atoms with Gasteiger partial charge in [-0.1, -0.05) is 0 Å². The molecule has 2 aromatic heterocycles. The molecular formula is C14H13F3N4O4S. The average molecular weight is 390 g/mol. The van der Waals surface area contributed by atoms with Crippen LogP contribution in [0.5, 0.6) is 0 Å². The Morgan fingerprint density at radius 3 is 2.54 bits per heavy atom. The van der Waals surface area contributed by atoms with Gasteiger partial charge in [-0.15, -0.1) is 0 Å². The summed E-state index contributed by atoms with van der Waals surface area (Å²) in [6, 6.07) is 0.896. The van der Waals surface area contributed by atoms with Crippen molar-refractivity contribution in [3.63, 3.8) is 0 Å². The van der Waals surface area contributed by atoms with E-state index in [1.165, 1.54) is 20.2 Å². The van der Waals surface area contributed by atoms with Crippen molar-refractivity contribution in [2.75, 3.05) is 0 Å². The lowest BCUT2D eigenvalue weighted by Crippen LogP contribution is -2.37. The molecular weight excluding hydrogens is 377 g/mol. The van der Waals surface area contributed by atoms with Gasteiger partial charge in [0, 0.05) is 31.9 Å². The molecule has 0 saturated heterocycles. The molecule has 12 heteroatoms. The number of hydrogen-bond acceptors (Lipinski definition) is 5. The Hall–Kier alpha value is -2.60. The number of fused-ring (bicyclic) bond motifs is 1. The summed E-state index contributed by atoms with van der Waals surface area (Å²) in [4.78, 5) is 11.0. The highest BCUT2D eigenvalue weighted by molar-refractivity contribution is 7.89. The Morgan fingerprint density at radius 2 is 1.96 bits per heavy atom. The van der Waals surface area contributed by atoms with Crippen molar-refractivity contribution in [2.24, 2.45) is 14.1 Å². The third-order valence-corrected chi connectivity index (χ3v) is 5.15. The van der Waals surface area contributed by atoms with Gasteiger partial charge < -0.3 is 4.42 Å². The van der Waals surface area contributed by atoms with Crippen molar-refractivity contribution in [1.82, 2.24) is 19.1 Å². The van der Waals surface area contributed by atoms with Crippen molar-refractivity contribution in [3.8, 4) is 0 Å². The Kier molecular flexibility index (Phi) is 4.19. The van der Waals surface area contributed by atoms with Gasteiger partial charge in [0.2, 0.25) is 10.0 Å². The highest BCUT2D eigenvalue weighted by Gasteiger charge is 2.44. The Labute approximate surface area is 144 Å². The minimum Gasteiger partial charge on any atom is -0.408 e. The first-order valence-electron chi connectivity index (χ1n) is 7.16. The van der Waals surface area contributed by atoms with Crippen LogP contribution >= 0.6 is 0 Å². The van der Waals surface area contributed by atoms with E-state index in [0.717, 1.165) is 33.8 Å². The topological polar surface area (TPSA) is 99.1 Å². The number of halogens is 3. The van der Waals surface area contributed by atoms with Gasteiger partial charge in [-0.25, -0.2) is 13.2 Å². The number of aromatic nitrogens is 3. The van der Waals surface area contributed by atoms with Crippen LogP contribution in [0.2, 0.25) is 0 Å². The molecule has 0 spiro atoms. The molecule has 3 rings (SSSR count). The molecule has 1 unspecified atom stereocenters. The van der Waals surface area contributed by atoms with E-state index in [-0.39, 0.29) is 11.1 Å². The largest absolute Gasteiger partial charge is 0.419 e. The maximum absolute atomic E-state index is 13.3. The second-order valence-electron chi connectivity index (χ2n) is 5.60. The molecule has 2 heterocycles. The third kappa shape index (κ3) is 3.24. The van der Waals surface area contributed by atoms with Crippen LogP contribution in [0, 0.1) is 0 Å². The normalized spacial score (nSPS) is 14.0. The van der Waals surface area contributed by atoms with Gasteiger partial charge in [-0.3, -0.25) is 9.25 Å². The maximum Gasteiger partial charge on any atom is 0.419 e. The number of nitrogens with zero attached hydrogens (tertiary/aromatic N) is 3. The zero-order valence-electron chi connectivity index (χ0n) is 13.5. The summed E-state index contributed by atoms with van der Waals surface area (Å²) in [7, 11) is -1.72. The molecule has 1 aromatic carbocycles. The van der Waals surface area contributed by atoms with Crippen LogP contribution < -0.4 is 10.5 Å². The first-order valence-corrected chi connectivity index (χ1v) is 8.64. The lowest BCUT2D eigenvalue weighted by atomic mass is 10.2. The van der Waals surface area contributed by atoms with E-state index in [1.54, 1.807) is 4.72 Å². The minimum atomic E-state index is -4.88. The summed E-state index contributed by atoms with van der Waals surface area (Å²) < 4.78 is 73.7. The van der Waals surface area contributed by atoms with Crippen LogP contribution in [-0.4, -0.2) is 28.9 Å². The monoisotopic (exact) mass is 390 g/mol. The second-order valence-corrected chi connectivity index (χ2v) is 7.31. The summed E-state index contributed by atoms with van der Waals surface area (Å²) in [5.74, 6) is -0.717. The number of alkyl halides is 3. The smallest absolute Gasteiger partial charge is 0.408 e. The molecule has 140 valence electrons. The summed E-state index contributed by atoms with van der Waals surface area (Å²) in [6.45, 7) is 0. The van der Waals surface area contributed by atoms with Gasteiger partial charge in [-0.05, 0) is 12.1 Å². The molecule has 0 aliphatic heterocycles. The Bertz CT molecular complexity index is 1130. The lowest BCUT2D eigenvalue weighted by Gasteiger charge is -2.20. The molecule has 26 heavy (non-hydrogen) atoms. The summed E-state index contributed by atoms with van der Waals surface area (Å²) in [6.07, 6.45) is -2.88. The van der Waals surface area contributed by atoms with Gasteiger partial charge in [0.1, 0.15) is 6.04 Å². The van der Waals surface area contributed by atoms with E-state index in [4.69, 9.17) is 4.42 Å². The van der Waals surface area contributed by atoms with Crippen LogP contribution in [0.25, 0.3) is 11.1 Å². The number of sulfonamides is 1.